The van der Waals surface area contributed by atoms with Crippen LogP contribution in [0.4, 0.5) is 5.69 Å². The molecule has 1 aliphatic rings. The van der Waals surface area contributed by atoms with Crippen LogP contribution in [0.1, 0.15) is 36.8 Å². The Labute approximate surface area is 213 Å². The Morgan fingerprint density at radius 1 is 1.00 bits per heavy atom. The van der Waals surface area contributed by atoms with E-state index in [1.54, 1.807) is 21.3 Å². The van der Waals surface area contributed by atoms with Gasteiger partial charge in [-0.25, -0.2) is 0 Å². The standard InChI is InChI=1S/C25H34N4O3.HI/c1-26-25(27-14-13-18-11-12-22(31-2)23(16-18)32-3)28-17-19-7-6-10-21(15-19)29-24(30)20-8-4-5-9-20;/h6-7,10-12,15-16,20H,4-5,8-9,13-14,17H2,1-3H3,(H,29,30)(H2,26,27,28);1H. The first kappa shape index (κ1) is 26.8. The lowest BCUT2D eigenvalue weighted by Crippen LogP contribution is -2.37. The minimum absolute atomic E-state index is 0. The average molecular weight is 566 g/mol. The van der Waals surface area contributed by atoms with Crippen LogP contribution in [0.15, 0.2) is 47.5 Å². The predicted octanol–water partition coefficient (Wildman–Crippen LogP) is 4.36. The summed E-state index contributed by atoms with van der Waals surface area (Å²) in [5, 5.41) is 9.73. The van der Waals surface area contributed by atoms with Gasteiger partial charge in [-0.15, -0.1) is 24.0 Å². The number of nitrogens with one attached hydrogen (secondary N) is 3. The first-order chi connectivity index (χ1) is 15.6. The molecule has 1 fully saturated rings. The third kappa shape index (κ3) is 8.10. The highest BCUT2D eigenvalue weighted by Gasteiger charge is 2.22. The van der Waals surface area contributed by atoms with E-state index >= 15 is 0 Å². The van der Waals surface area contributed by atoms with Gasteiger partial charge in [0.25, 0.3) is 0 Å². The van der Waals surface area contributed by atoms with Gasteiger partial charge < -0.3 is 25.4 Å². The van der Waals surface area contributed by atoms with Crippen LogP contribution in [-0.2, 0) is 17.8 Å². The Hall–Kier alpha value is -2.49. The fourth-order valence-corrected chi connectivity index (χ4v) is 3.96. The lowest BCUT2D eigenvalue weighted by atomic mass is 10.1. The molecule has 2 aromatic carbocycles. The van der Waals surface area contributed by atoms with Gasteiger partial charge in [0.1, 0.15) is 0 Å². The van der Waals surface area contributed by atoms with Crippen LogP contribution < -0.4 is 25.4 Å². The molecular formula is C25H35IN4O3. The summed E-state index contributed by atoms with van der Waals surface area (Å²) in [5.74, 6) is 2.48. The molecule has 0 aromatic heterocycles. The summed E-state index contributed by atoms with van der Waals surface area (Å²) in [7, 11) is 5.03. The van der Waals surface area contributed by atoms with Crippen LogP contribution in [0, 0.1) is 5.92 Å². The van der Waals surface area contributed by atoms with Crippen molar-refractivity contribution in [2.75, 3.05) is 33.1 Å². The van der Waals surface area contributed by atoms with Gasteiger partial charge in [-0.05, 0) is 54.7 Å². The van der Waals surface area contributed by atoms with E-state index in [0.717, 1.165) is 72.9 Å². The molecule has 0 unspecified atom stereocenters. The molecule has 0 heterocycles. The van der Waals surface area contributed by atoms with E-state index in [1.807, 2.05) is 42.5 Å². The van der Waals surface area contributed by atoms with Gasteiger partial charge in [0.2, 0.25) is 5.91 Å². The molecule has 180 valence electrons. The molecule has 1 aliphatic carbocycles. The minimum atomic E-state index is 0. The fourth-order valence-electron chi connectivity index (χ4n) is 3.96. The second kappa shape index (κ2) is 13.9. The molecule has 33 heavy (non-hydrogen) atoms. The maximum Gasteiger partial charge on any atom is 0.227 e. The number of guanidine groups is 1. The second-order valence-electron chi connectivity index (χ2n) is 7.96. The van der Waals surface area contributed by atoms with Gasteiger partial charge in [-0.1, -0.05) is 31.0 Å². The van der Waals surface area contributed by atoms with E-state index in [2.05, 4.69) is 20.9 Å². The smallest absolute Gasteiger partial charge is 0.227 e. The van der Waals surface area contributed by atoms with Gasteiger partial charge in [-0.2, -0.15) is 0 Å². The minimum Gasteiger partial charge on any atom is -0.493 e. The lowest BCUT2D eigenvalue weighted by molar-refractivity contribution is -0.119. The van der Waals surface area contributed by atoms with Crippen molar-refractivity contribution >= 4 is 41.5 Å². The summed E-state index contributed by atoms with van der Waals surface area (Å²) in [6, 6.07) is 13.9. The SMILES string of the molecule is CN=C(NCCc1ccc(OC)c(OC)c1)NCc1cccc(NC(=O)C2CCCC2)c1.I. The van der Waals surface area contributed by atoms with Crippen LogP contribution in [0.3, 0.4) is 0 Å². The number of hydrogen-bond acceptors (Lipinski definition) is 4. The zero-order valence-corrected chi connectivity index (χ0v) is 22.0. The highest BCUT2D eigenvalue weighted by molar-refractivity contribution is 14.0. The number of hydrogen-bond donors (Lipinski definition) is 3. The molecule has 2 aromatic rings. The number of methoxy groups -OCH3 is 2. The summed E-state index contributed by atoms with van der Waals surface area (Å²) in [4.78, 5) is 16.7. The van der Waals surface area contributed by atoms with Crippen molar-refractivity contribution in [3.8, 4) is 11.5 Å². The summed E-state index contributed by atoms with van der Waals surface area (Å²) < 4.78 is 10.7. The summed E-state index contributed by atoms with van der Waals surface area (Å²) in [6.07, 6.45) is 5.13. The molecule has 0 spiro atoms. The van der Waals surface area contributed by atoms with Crippen molar-refractivity contribution in [2.24, 2.45) is 10.9 Å². The van der Waals surface area contributed by atoms with Crippen LogP contribution in [0.2, 0.25) is 0 Å². The van der Waals surface area contributed by atoms with Crippen molar-refractivity contribution in [1.29, 1.82) is 0 Å². The van der Waals surface area contributed by atoms with Gasteiger partial charge in [0, 0.05) is 31.7 Å². The van der Waals surface area contributed by atoms with Gasteiger partial charge in [0.15, 0.2) is 17.5 Å². The molecule has 0 atom stereocenters. The number of anilines is 1. The Morgan fingerprint density at radius 2 is 1.76 bits per heavy atom. The number of carbonyl (C=O) groups excluding carboxylic acids is 1. The van der Waals surface area contributed by atoms with Gasteiger partial charge in [-0.3, -0.25) is 9.79 Å². The number of carbonyl (C=O) groups is 1. The van der Waals surface area contributed by atoms with Crippen molar-refractivity contribution in [1.82, 2.24) is 10.6 Å². The van der Waals surface area contributed by atoms with Gasteiger partial charge in [0.05, 0.1) is 14.2 Å². The van der Waals surface area contributed by atoms with E-state index in [-0.39, 0.29) is 35.8 Å². The maximum atomic E-state index is 12.4. The molecule has 7 nitrogen and oxygen atoms in total. The number of benzene rings is 2. The Morgan fingerprint density at radius 3 is 2.45 bits per heavy atom. The fraction of sp³-hybridized carbons (Fsp3) is 0.440. The van der Waals surface area contributed by atoms with Crippen molar-refractivity contribution in [3.63, 3.8) is 0 Å². The lowest BCUT2D eigenvalue weighted by Gasteiger charge is -2.14. The number of rotatable bonds is 9. The summed E-state index contributed by atoms with van der Waals surface area (Å²) in [5.41, 5.74) is 3.07. The molecular weight excluding hydrogens is 531 g/mol. The Bertz CT molecular complexity index is 930. The number of amides is 1. The largest absolute Gasteiger partial charge is 0.493 e. The first-order valence-corrected chi connectivity index (χ1v) is 11.2. The Kier molecular flexibility index (Phi) is 11.3. The monoisotopic (exact) mass is 566 g/mol. The van der Waals surface area contributed by atoms with E-state index in [0.29, 0.717) is 6.54 Å². The van der Waals surface area contributed by atoms with Crippen molar-refractivity contribution < 1.29 is 14.3 Å². The second-order valence-corrected chi connectivity index (χ2v) is 7.96. The van der Waals surface area contributed by atoms with Crippen LogP contribution in [0.5, 0.6) is 11.5 Å². The van der Waals surface area contributed by atoms with Gasteiger partial charge >= 0.3 is 0 Å². The quantitative estimate of drug-likeness (QED) is 0.239. The third-order valence-corrected chi connectivity index (χ3v) is 5.76. The first-order valence-electron chi connectivity index (χ1n) is 11.2. The molecule has 0 bridgehead atoms. The van der Waals surface area contributed by atoms with E-state index < -0.39 is 0 Å². The van der Waals surface area contributed by atoms with E-state index in [9.17, 15) is 4.79 Å². The predicted molar refractivity (Wildman–Crippen MR) is 144 cm³/mol. The van der Waals surface area contributed by atoms with Crippen molar-refractivity contribution in [2.45, 2.75) is 38.6 Å². The summed E-state index contributed by atoms with van der Waals surface area (Å²) >= 11 is 0. The number of aliphatic imine (C=N–C) groups is 1. The molecule has 3 rings (SSSR count). The normalized spacial score (nSPS) is 13.7. The average Bonchev–Trinajstić information content (AvgIpc) is 3.36. The van der Waals surface area contributed by atoms with E-state index in [1.165, 1.54) is 0 Å². The maximum absolute atomic E-state index is 12.4. The number of ether oxygens (including phenoxy) is 2. The number of halogens is 1. The zero-order chi connectivity index (χ0) is 22.8. The third-order valence-electron chi connectivity index (χ3n) is 5.76. The van der Waals surface area contributed by atoms with E-state index in [4.69, 9.17) is 9.47 Å². The molecule has 0 aliphatic heterocycles. The van der Waals surface area contributed by atoms with Crippen LogP contribution in [-0.4, -0.2) is 39.7 Å². The molecule has 0 saturated heterocycles. The highest BCUT2D eigenvalue weighted by atomic mass is 127. The molecule has 1 saturated carbocycles. The molecule has 8 heteroatoms. The van der Waals surface area contributed by atoms with Crippen LogP contribution >= 0.6 is 24.0 Å². The highest BCUT2D eigenvalue weighted by Crippen LogP contribution is 2.28. The van der Waals surface area contributed by atoms with Crippen LogP contribution in [0.25, 0.3) is 0 Å². The number of nitrogens with zero attached hydrogens (tertiary/aromatic N) is 1. The molecule has 0 radical (unpaired) electrons. The Balaban J connectivity index is 0.00000385. The molecule has 3 N–H and O–H groups in total. The topological polar surface area (TPSA) is 84.0 Å². The summed E-state index contributed by atoms with van der Waals surface area (Å²) in [6.45, 7) is 1.34. The van der Waals surface area contributed by atoms with Crippen molar-refractivity contribution in [3.05, 3.63) is 53.6 Å². The zero-order valence-electron chi connectivity index (χ0n) is 19.6. The molecule has 1 amide bonds.